The summed E-state index contributed by atoms with van der Waals surface area (Å²) in [5.41, 5.74) is 5.35. The van der Waals surface area contributed by atoms with Crippen molar-refractivity contribution in [3.05, 3.63) is 12.3 Å². The van der Waals surface area contributed by atoms with Gasteiger partial charge in [0.15, 0.2) is 0 Å². The molecule has 0 unspecified atom stereocenters. The van der Waals surface area contributed by atoms with Crippen molar-refractivity contribution < 1.29 is 4.79 Å². The Bertz CT molecular complexity index is 268. The lowest BCUT2D eigenvalue weighted by Gasteiger charge is -2.04. The molecular formula is C7H12N4O. The van der Waals surface area contributed by atoms with Crippen LogP contribution in [0.25, 0.3) is 0 Å². The van der Waals surface area contributed by atoms with Crippen LogP contribution >= 0.6 is 0 Å². The van der Waals surface area contributed by atoms with Gasteiger partial charge >= 0.3 is 0 Å². The number of nitrogens with two attached hydrogens (primary N) is 1. The molecule has 0 fully saturated rings. The van der Waals surface area contributed by atoms with E-state index in [1.807, 2.05) is 0 Å². The average Bonchev–Trinajstić information content (AvgIpc) is 2.37. The molecule has 3 N–H and O–H groups in total. The van der Waals surface area contributed by atoms with Crippen LogP contribution in [-0.4, -0.2) is 22.2 Å². The van der Waals surface area contributed by atoms with Crippen molar-refractivity contribution in [3.63, 3.8) is 0 Å². The third kappa shape index (κ3) is 2.06. The van der Waals surface area contributed by atoms with Gasteiger partial charge in [0.1, 0.15) is 5.82 Å². The number of carbonyl (C=O) groups is 1. The monoisotopic (exact) mass is 168 g/mol. The maximum Gasteiger partial charge on any atom is 0.222 e. The fourth-order valence-corrected chi connectivity index (χ4v) is 0.920. The minimum absolute atomic E-state index is 0.103. The summed E-state index contributed by atoms with van der Waals surface area (Å²) >= 11 is 0. The van der Waals surface area contributed by atoms with Crippen LogP contribution in [0.15, 0.2) is 12.3 Å². The molecule has 5 nitrogen and oxygen atoms in total. The second kappa shape index (κ2) is 3.87. The van der Waals surface area contributed by atoms with Crippen molar-refractivity contribution >= 4 is 11.7 Å². The first-order valence-corrected chi connectivity index (χ1v) is 3.73. The molecule has 0 aliphatic heterocycles. The zero-order valence-electron chi connectivity index (χ0n) is 6.95. The molecule has 1 rings (SSSR count). The summed E-state index contributed by atoms with van der Waals surface area (Å²) in [5, 5.41) is 6.63. The molecule has 0 saturated carbocycles. The molecule has 5 heteroatoms. The normalized spacial score (nSPS) is 9.83. The average molecular weight is 168 g/mol. The van der Waals surface area contributed by atoms with E-state index in [1.165, 1.54) is 6.92 Å². The van der Waals surface area contributed by atoms with Crippen LogP contribution in [0.3, 0.4) is 0 Å². The van der Waals surface area contributed by atoms with E-state index in [-0.39, 0.29) is 5.91 Å². The quantitative estimate of drug-likeness (QED) is 0.656. The molecule has 1 amide bonds. The van der Waals surface area contributed by atoms with E-state index in [2.05, 4.69) is 10.4 Å². The number of nitrogens with one attached hydrogen (secondary N) is 1. The Labute approximate surface area is 70.5 Å². The zero-order valence-corrected chi connectivity index (χ0v) is 6.95. The van der Waals surface area contributed by atoms with Gasteiger partial charge in [0.2, 0.25) is 5.91 Å². The van der Waals surface area contributed by atoms with E-state index in [4.69, 9.17) is 5.73 Å². The van der Waals surface area contributed by atoms with Crippen molar-refractivity contribution in [2.45, 2.75) is 13.5 Å². The number of amides is 1. The molecule has 1 aromatic rings. The molecule has 0 bridgehead atoms. The third-order valence-electron chi connectivity index (χ3n) is 1.36. The smallest absolute Gasteiger partial charge is 0.222 e. The highest BCUT2D eigenvalue weighted by Gasteiger charge is 2.01. The predicted molar refractivity (Wildman–Crippen MR) is 45.6 cm³/mol. The molecule has 0 atom stereocenters. The molecule has 0 aliphatic rings. The molecule has 0 aliphatic carbocycles. The lowest BCUT2D eigenvalue weighted by molar-refractivity contribution is -0.114. The molecule has 1 heterocycles. The maximum atomic E-state index is 10.7. The standard InChI is InChI=1S/C7H12N4O/c1-6(12)10-7-2-4-9-11(7)5-3-8/h2,4H,3,5,8H2,1H3,(H,10,12). The minimum Gasteiger partial charge on any atom is -0.329 e. The van der Waals surface area contributed by atoms with E-state index >= 15 is 0 Å². The highest BCUT2D eigenvalue weighted by Crippen LogP contribution is 2.04. The van der Waals surface area contributed by atoms with E-state index in [0.717, 1.165) is 0 Å². The Morgan fingerprint density at radius 3 is 3.17 bits per heavy atom. The summed E-state index contributed by atoms with van der Waals surface area (Å²) < 4.78 is 1.65. The van der Waals surface area contributed by atoms with E-state index < -0.39 is 0 Å². The van der Waals surface area contributed by atoms with E-state index in [0.29, 0.717) is 18.9 Å². The Hall–Kier alpha value is -1.36. The van der Waals surface area contributed by atoms with Gasteiger partial charge in [0, 0.05) is 19.5 Å². The molecule has 0 saturated heterocycles. The van der Waals surface area contributed by atoms with Crippen molar-refractivity contribution in [1.82, 2.24) is 9.78 Å². The number of hydrogen-bond acceptors (Lipinski definition) is 3. The van der Waals surface area contributed by atoms with Gasteiger partial charge in [-0.1, -0.05) is 0 Å². The van der Waals surface area contributed by atoms with E-state index in [1.54, 1.807) is 16.9 Å². The molecule has 1 aromatic heterocycles. The first-order chi connectivity index (χ1) is 5.74. The summed E-state index contributed by atoms with van der Waals surface area (Å²) in [5.74, 6) is 0.585. The van der Waals surface area contributed by atoms with Gasteiger partial charge in [-0.3, -0.25) is 4.79 Å². The predicted octanol–water partition coefficient (Wildman–Crippen LogP) is -0.200. The highest BCUT2D eigenvalue weighted by molar-refractivity contribution is 5.87. The fourth-order valence-electron chi connectivity index (χ4n) is 0.920. The Kier molecular flexibility index (Phi) is 2.82. The highest BCUT2D eigenvalue weighted by atomic mass is 16.1. The number of hydrogen-bond donors (Lipinski definition) is 2. The second-order valence-corrected chi connectivity index (χ2v) is 2.41. The van der Waals surface area contributed by atoms with Gasteiger partial charge in [-0.25, -0.2) is 4.68 Å². The van der Waals surface area contributed by atoms with Gasteiger partial charge in [0.25, 0.3) is 0 Å². The summed E-state index contributed by atoms with van der Waals surface area (Å²) in [4.78, 5) is 10.7. The molecule has 12 heavy (non-hydrogen) atoms. The van der Waals surface area contributed by atoms with Crippen LogP contribution in [0.1, 0.15) is 6.92 Å². The molecule has 66 valence electrons. The van der Waals surface area contributed by atoms with Gasteiger partial charge in [0.05, 0.1) is 12.7 Å². The van der Waals surface area contributed by atoms with Gasteiger partial charge in [-0.2, -0.15) is 5.10 Å². The fraction of sp³-hybridized carbons (Fsp3) is 0.429. The van der Waals surface area contributed by atoms with Crippen LogP contribution in [0.4, 0.5) is 5.82 Å². The van der Waals surface area contributed by atoms with Crippen molar-refractivity contribution in [2.24, 2.45) is 5.73 Å². The topological polar surface area (TPSA) is 72.9 Å². The third-order valence-corrected chi connectivity index (χ3v) is 1.36. The Balaban J connectivity index is 2.69. The Morgan fingerprint density at radius 2 is 2.58 bits per heavy atom. The van der Waals surface area contributed by atoms with Crippen LogP contribution in [-0.2, 0) is 11.3 Å². The first-order valence-electron chi connectivity index (χ1n) is 3.73. The second-order valence-electron chi connectivity index (χ2n) is 2.41. The number of nitrogens with zero attached hydrogens (tertiary/aromatic N) is 2. The van der Waals surface area contributed by atoms with Gasteiger partial charge in [-0.15, -0.1) is 0 Å². The first kappa shape index (κ1) is 8.73. The van der Waals surface area contributed by atoms with Crippen LogP contribution in [0, 0.1) is 0 Å². The van der Waals surface area contributed by atoms with Crippen LogP contribution < -0.4 is 11.1 Å². The molecule has 0 aromatic carbocycles. The lowest BCUT2D eigenvalue weighted by atomic mass is 10.5. The minimum atomic E-state index is -0.103. The molecule has 0 spiro atoms. The van der Waals surface area contributed by atoms with Gasteiger partial charge in [-0.05, 0) is 0 Å². The van der Waals surface area contributed by atoms with Crippen molar-refractivity contribution in [1.29, 1.82) is 0 Å². The maximum absolute atomic E-state index is 10.7. The van der Waals surface area contributed by atoms with E-state index in [9.17, 15) is 4.79 Å². The summed E-state index contributed by atoms with van der Waals surface area (Å²) in [6.07, 6.45) is 1.63. The van der Waals surface area contributed by atoms with Crippen LogP contribution in [0.5, 0.6) is 0 Å². The summed E-state index contributed by atoms with van der Waals surface area (Å²) in [7, 11) is 0. The summed E-state index contributed by atoms with van der Waals surface area (Å²) in [6, 6.07) is 1.73. The molecule has 0 radical (unpaired) electrons. The van der Waals surface area contributed by atoms with Crippen molar-refractivity contribution in [2.75, 3.05) is 11.9 Å². The molecular weight excluding hydrogens is 156 g/mol. The van der Waals surface area contributed by atoms with Crippen molar-refractivity contribution in [3.8, 4) is 0 Å². The van der Waals surface area contributed by atoms with Gasteiger partial charge < -0.3 is 11.1 Å². The lowest BCUT2D eigenvalue weighted by Crippen LogP contribution is -2.16. The number of anilines is 1. The largest absolute Gasteiger partial charge is 0.329 e. The Morgan fingerprint density at radius 1 is 1.83 bits per heavy atom. The SMILES string of the molecule is CC(=O)Nc1ccnn1CCN. The number of rotatable bonds is 3. The zero-order chi connectivity index (χ0) is 8.97. The number of carbonyl (C=O) groups excluding carboxylic acids is 1. The summed E-state index contributed by atoms with van der Waals surface area (Å²) in [6.45, 7) is 2.58. The number of aromatic nitrogens is 2. The van der Waals surface area contributed by atoms with Crippen LogP contribution in [0.2, 0.25) is 0 Å².